The van der Waals surface area contributed by atoms with Crippen LogP contribution in [0.4, 0.5) is 4.39 Å². The lowest BCUT2D eigenvalue weighted by molar-refractivity contribution is 0.0151. The van der Waals surface area contributed by atoms with Gasteiger partial charge in [-0.3, -0.25) is 0 Å². The number of hydrogen-bond donors (Lipinski definition) is 11. The number of thiazole rings is 1. The van der Waals surface area contributed by atoms with Crippen LogP contribution < -0.4 is 0 Å². The number of nitrogens with zero attached hydrogens (tertiary/aromatic N) is 1. The highest BCUT2D eigenvalue weighted by molar-refractivity contribution is 7.45. The van der Waals surface area contributed by atoms with Crippen LogP contribution in [0, 0.1) is 5.82 Å². The molecule has 4 unspecified atom stereocenters. The van der Waals surface area contributed by atoms with Crippen LogP contribution in [0.1, 0.15) is 18.0 Å². The molecule has 0 saturated carbocycles. The molecule has 0 amide bonds. The number of fused-ring (bicyclic) bond motifs is 1. The zero-order chi connectivity index (χ0) is 26.4. The van der Waals surface area contributed by atoms with Crippen molar-refractivity contribution in [1.82, 2.24) is 4.98 Å². The first-order valence-corrected chi connectivity index (χ1v) is 13.5. The molecule has 1 aromatic heterocycles. The number of rotatable bonds is 1. The van der Waals surface area contributed by atoms with Crippen LogP contribution in [0.3, 0.4) is 0 Å². The summed E-state index contributed by atoms with van der Waals surface area (Å²) in [5, 5.41) is 20.1. The average Bonchev–Trinajstić information content (AvgIpc) is 3.06. The van der Waals surface area contributed by atoms with Crippen molar-refractivity contribution >= 4 is 45.0 Å². The summed E-state index contributed by atoms with van der Waals surface area (Å²) >= 11 is 1.34. The van der Waals surface area contributed by atoms with Gasteiger partial charge in [0.15, 0.2) is 0 Å². The Balaban J connectivity index is 0.000000564. The monoisotopic (exact) mass is 563 g/mol. The summed E-state index contributed by atoms with van der Waals surface area (Å²) in [5.74, 6) is -0.347. The summed E-state index contributed by atoms with van der Waals surface area (Å²) in [6.45, 7) is 1.70. The second kappa shape index (κ2) is 12.8. The highest BCUT2D eigenvalue weighted by Crippen LogP contribution is 2.37. The Bertz CT molecular complexity index is 962. The number of benzene rings is 1. The Labute approximate surface area is 187 Å². The highest BCUT2D eigenvalue weighted by atomic mass is 32.1. The molecule has 0 aliphatic carbocycles. The minimum absolute atomic E-state index is 0.347. The summed E-state index contributed by atoms with van der Waals surface area (Å²) in [6.07, 6.45) is -2.99. The molecule has 2 aromatic rings. The van der Waals surface area contributed by atoms with Gasteiger partial charge in [0.05, 0.1) is 16.3 Å². The first kappa shape index (κ1) is 32.2. The van der Waals surface area contributed by atoms with Crippen molar-refractivity contribution in [2.75, 3.05) is 0 Å². The summed E-state index contributed by atoms with van der Waals surface area (Å²) < 4.78 is 46.0. The molecule has 1 saturated heterocycles. The van der Waals surface area contributed by atoms with Crippen LogP contribution in [0.5, 0.6) is 0 Å². The van der Waals surface area contributed by atoms with Gasteiger partial charge in [0, 0.05) is 6.07 Å². The maximum atomic E-state index is 13.1. The molecule has 33 heavy (non-hydrogen) atoms. The van der Waals surface area contributed by atoms with Gasteiger partial charge in [0.25, 0.3) is 0 Å². The Morgan fingerprint density at radius 1 is 0.879 bits per heavy atom. The topological polar surface area (TPSA) is 296 Å². The predicted molar refractivity (Wildman–Crippen MR) is 108 cm³/mol. The van der Waals surface area contributed by atoms with E-state index in [0.29, 0.717) is 10.5 Å². The number of aliphatic hydroxyl groups excluding tert-OH is 2. The molecular weight excluding hydrogens is 542 g/mol. The van der Waals surface area contributed by atoms with Gasteiger partial charge in [-0.1, -0.05) is 0 Å². The molecule has 2 heterocycles. The lowest BCUT2D eigenvalue weighted by Crippen LogP contribution is -2.28. The SMILES string of the molecule is CC1OC(c2nc3cc(F)ccc3s2)C(O)C1O.O=P(O)(O)O.O=P(O)(O)O.O=P(O)(O)O. The van der Waals surface area contributed by atoms with E-state index in [2.05, 4.69) is 4.98 Å². The molecular formula is C12H21FNO15P3S. The van der Waals surface area contributed by atoms with E-state index in [0.717, 1.165) is 4.70 Å². The fraction of sp³-hybridized carbons (Fsp3) is 0.417. The number of aliphatic hydroxyl groups is 2. The molecule has 1 aliphatic rings. The van der Waals surface area contributed by atoms with Gasteiger partial charge in [0.1, 0.15) is 29.1 Å². The maximum Gasteiger partial charge on any atom is 0.466 e. The van der Waals surface area contributed by atoms with Crippen molar-refractivity contribution in [2.24, 2.45) is 0 Å². The standard InChI is InChI=1S/C12H12FNO3S.3H3O4P/c1-5-9(15)10(16)11(17-5)12-14-7-4-6(13)2-3-8(7)18-12;3*1-5(2,3)4/h2-5,9-11,15-16H,1H3;3*(H3,1,2,3,4). The number of phosphoric acid groups is 3. The normalized spacial score (nSPS) is 22.9. The maximum absolute atomic E-state index is 13.1. The largest absolute Gasteiger partial charge is 0.466 e. The quantitative estimate of drug-likeness (QED) is 0.182. The van der Waals surface area contributed by atoms with Gasteiger partial charge in [-0.25, -0.2) is 23.1 Å². The number of aromatic nitrogens is 1. The van der Waals surface area contributed by atoms with Crippen LogP contribution in [0.15, 0.2) is 18.2 Å². The third-order valence-corrected chi connectivity index (χ3v) is 4.21. The minimum atomic E-state index is -4.64. The van der Waals surface area contributed by atoms with E-state index < -0.39 is 47.9 Å². The van der Waals surface area contributed by atoms with Crippen LogP contribution in [-0.2, 0) is 18.4 Å². The summed E-state index contributed by atoms with van der Waals surface area (Å²) in [4.78, 5) is 68.9. The van der Waals surface area contributed by atoms with E-state index in [4.69, 9.17) is 62.5 Å². The molecule has 4 atom stereocenters. The van der Waals surface area contributed by atoms with Crippen LogP contribution in [0.25, 0.3) is 10.2 Å². The smallest absolute Gasteiger partial charge is 0.388 e. The second-order valence-electron chi connectivity index (χ2n) is 5.95. The summed E-state index contributed by atoms with van der Waals surface area (Å²) in [6, 6.07) is 4.36. The Kier molecular flexibility index (Phi) is 12.5. The van der Waals surface area contributed by atoms with Gasteiger partial charge >= 0.3 is 23.5 Å². The molecule has 3 rings (SSSR count). The van der Waals surface area contributed by atoms with Crippen molar-refractivity contribution < 1.29 is 77.1 Å². The van der Waals surface area contributed by atoms with Crippen molar-refractivity contribution in [3.8, 4) is 0 Å². The minimum Gasteiger partial charge on any atom is -0.388 e. The molecule has 1 fully saturated rings. The Hall–Kier alpha value is -0.750. The van der Waals surface area contributed by atoms with E-state index in [9.17, 15) is 14.6 Å². The highest BCUT2D eigenvalue weighted by Gasteiger charge is 2.42. The Morgan fingerprint density at radius 2 is 1.30 bits per heavy atom. The van der Waals surface area contributed by atoms with E-state index in [1.54, 1.807) is 13.0 Å². The zero-order valence-corrected chi connectivity index (χ0v) is 19.7. The molecule has 21 heteroatoms. The molecule has 0 bridgehead atoms. The molecule has 1 aliphatic heterocycles. The molecule has 16 nitrogen and oxygen atoms in total. The van der Waals surface area contributed by atoms with Crippen LogP contribution >= 0.6 is 34.8 Å². The third kappa shape index (κ3) is 16.5. The van der Waals surface area contributed by atoms with Crippen molar-refractivity contribution in [3.05, 3.63) is 29.0 Å². The second-order valence-corrected chi connectivity index (χ2v) is 10.1. The zero-order valence-electron chi connectivity index (χ0n) is 16.2. The van der Waals surface area contributed by atoms with Crippen molar-refractivity contribution in [3.63, 3.8) is 0 Å². The van der Waals surface area contributed by atoms with Crippen molar-refractivity contribution in [2.45, 2.75) is 31.3 Å². The van der Waals surface area contributed by atoms with Gasteiger partial charge in [-0.2, -0.15) is 0 Å². The third-order valence-electron chi connectivity index (χ3n) is 3.11. The van der Waals surface area contributed by atoms with Gasteiger partial charge in [0.2, 0.25) is 0 Å². The first-order chi connectivity index (χ1) is 14.6. The van der Waals surface area contributed by atoms with Gasteiger partial charge in [-0.15, -0.1) is 11.3 Å². The van der Waals surface area contributed by atoms with Crippen LogP contribution in [-0.4, -0.2) is 77.5 Å². The van der Waals surface area contributed by atoms with Crippen molar-refractivity contribution in [1.29, 1.82) is 0 Å². The van der Waals surface area contributed by atoms with Gasteiger partial charge in [-0.05, 0) is 19.1 Å². The summed E-state index contributed by atoms with van der Waals surface area (Å²) in [5.41, 5.74) is 0.542. The molecule has 192 valence electrons. The van der Waals surface area contributed by atoms with E-state index in [-0.39, 0.29) is 5.82 Å². The molecule has 0 radical (unpaired) electrons. The van der Waals surface area contributed by atoms with Crippen LogP contribution in [0.2, 0.25) is 0 Å². The summed E-state index contributed by atoms with van der Waals surface area (Å²) in [7, 11) is -13.9. The fourth-order valence-corrected chi connectivity index (χ4v) is 3.12. The number of halogens is 1. The number of hydrogen-bond acceptors (Lipinski definition) is 8. The lowest BCUT2D eigenvalue weighted by Gasteiger charge is -2.11. The average molecular weight is 563 g/mol. The fourth-order valence-electron chi connectivity index (χ4n) is 2.09. The van der Waals surface area contributed by atoms with E-state index >= 15 is 0 Å². The lowest BCUT2D eigenvalue weighted by atomic mass is 10.1. The molecule has 0 spiro atoms. The molecule has 11 N–H and O–H groups in total. The van der Waals surface area contributed by atoms with E-state index in [1.807, 2.05) is 0 Å². The first-order valence-electron chi connectivity index (χ1n) is 7.98. The number of ether oxygens (including phenoxy) is 1. The van der Waals surface area contributed by atoms with E-state index in [1.165, 1.54) is 23.5 Å². The van der Waals surface area contributed by atoms with Gasteiger partial charge < -0.3 is 59.0 Å². The predicted octanol–water partition coefficient (Wildman–Crippen LogP) is -1.17. The molecule has 1 aromatic carbocycles. The Morgan fingerprint density at radius 3 is 1.67 bits per heavy atom.